The van der Waals surface area contributed by atoms with Crippen LogP contribution in [-0.2, 0) is 0 Å². The Labute approximate surface area is 162 Å². The Bertz CT molecular complexity index is 1130. The van der Waals surface area contributed by atoms with Crippen LogP contribution in [-0.4, -0.2) is 17.7 Å². The van der Waals surface area contributed by atoms with Crippen molar-refractivity contribution >= 4 is 29.1 Å². The number of nitrogens with zero attached hydrogens (tertiary/aromatic N) is 1. The van der Waals surface area contributed by atoms with Crippen LogP contribution in [0.4, 0.5) is 11.4 Å². The lowest BCUT2D eigenvalue weighted by Gasteiger charge is -2.16. The minimum Gasteiger partial charge on any atom is -0.322 e. The van der Waals surface area contributed by atoms with E-state index in [0.717, 1.165) is 11.1 Å². The summed E-state index contributed by atoms with van der Waals surface area (Å²) in [7, 11) is 0. The molecule has 0 unspecified atom stereocenters. The van der Waals surface area contributed by atoms with Gasteiger partial charge in [-0.3, -0.25) is 14.4 Å². The number of hydrogen-bond donors (Lipinski definition) is 1. The van der Waals surface area contributed by atoms with Gasteiger partial charge in [0.05, 0.1) is 16.8 Å². The highest BCUT2D eigenvalue weighted by Gasteiger charge is 2.37. The van der Waals surface area contributed by atoms with Gasteiger partial charge < -0.3 is 5.32 Å². The largest absolute Gasteiger partial charge is 0.322 e. The Morgan fingerprint density at radius 3 is 2.14 bits per heavy atom. The fourth-order valence-electron chi connectivity index (χ4n) is 3.32. The van der Waals surface area contributed by atoms with Gasteiger partial charge in [-0.15, -0.1) is 0 Å². The summed E-state index contributed by atoms with van der Waals surface area (Å²) in [5.74, 6) is -1.12. The highest BCUT2D eigenvalue weighted by atomic mass is 16.2. The zero-order valence-electron chi connectivity index (χ0n) is 15.5. The van der Waals surface area contributed by atoms with Crippen molar-refractivity contribution in [3.8, 4) is 0 Å². The van der Waals surface area contributed by atoms with Crippen LogP contribution in [0.1, 0.15) is 42.2 Å². The molecule has 0 saturated carbocycles. The van der Waals surface area contributed by atoms with Crippen LogP contribution in [0.3, 0.4) is 0 Å². The molecular weight excluding hydrogens is 352 g/mol. The molecule has 0 atom stereocenters. The third kappa shape index (κ3) is 2.87. The van der Waals surface area contributed by atoms with Crippen molar-refractivity contribution < 1.29 is 14.4 Å². The van der Waals surface area contributed by atoms with Crippen molar-refractivity contribution in [1.29, 1.82) is 0 Å². The molecule has 0 saturated heterocycles. The van der Waals surface area contributed by atoms with E-state index in [2.05, 4.69) is 5.32 Å². The maximum Gasteiger partial charge on any atom is 0.266 e. The van der Waals surface area contributed by atoms with Crippen molar-refractivity contribution in [2.75, 3.05) is 10.2 Å². The maximum absolute atomic E-state index is 12.9. The second-order valence-electron chi connectivity index (χ2n) is 6.76. The number of fused-ring (bicyclic) bond motifs is 1. The number of imide groups is 1. The van der Waals surface area contributed by atoms with Gasteiger partial charge in [0.1, 0.15) is 0 Å². The first-order valence-corrected chi connectivity index (χ1v) is 8.93. The molecule has 5 nitrogen and oxygen atoms in total. The third-order valence-electron chi connectivity index (χ3n) is 4.90. The predicted molar refractivity (Wildman–Crippen MR) is 108 cm³/mol. The Kier molecular flexibility index (Phi) is 4.28. The Morgan fingerprint density at radius 1 is 0.786 bits per heavy atom. The molecule has 4 rings (SSSR count). The second-order valence-corrected chi connectivity index (χ2v) is 6.76. The fourth-order valence-corrected chi connectivity index (χ4v) is 3.32. The molecular formula is C23H18N2O3. The molecule has 0 bridgehead atoms. The standard InChI is InChI=1S/C23H18N2O3/c1-14-7-3-5-9-19(14)24-21(26)16-11-12-17-18(13-16)23(28)25(22(17)27)20-10-6-4-8-15(20)2/h3-13H,1-2H3,(H,24,26). The summed E-state index contributed by atoms with van der Waals surface area (Å²) in [5.41, 5.74) is 3.90. The van der Waals surface area contributed by atoms with Crippen LogP contribution in [0.5, 0.6) is 0 Å². The first-order chi connectivity index (χ1) is 13.5. The minimum atomic E-state index is -0.417. The SMILES string of the molecule is Cc1ccccc1NC(=O)c1ccc2c(c1)C(=O)N(c1ccccc1C)C2=O. The number of benzene rings is 3. The first kappa shape index (κ1) is 17.7. The predicted octanol–water partition coefficient (Wildman–Crippen LogP) is 4.36. The van der Waals surface area contributed by atoms with Gasteiger partial charge >= 0.3 is 0 Å². The summed E-state index contributed by atoms with van der Waals surface area (Å²) in [5, 5.41) is 2.85. The zero-order chi connectivity index (χ0) is 19.8. The van der Waals surface area contributed by atoms with Crippen molar-refractivity contribution in [2.45, 2.75) is 13.8 Å². The number of rotatable bonds is 3. The Morgan fingerprint density at radius 2 is 1.43 bits per heavy atom. The lowest BCUT2D eigenvalue weighted by molar-refractivity contribution is 0.0925. The van der Waals surface area contributed by atoms with Gasteiger partial charge in [0.25, 0.3) is 17.7 Å². The molecule has 28 heavy (non-hydrogen) atoms. The summed E-state index contributed by atoms with van der Waals surface area (Å²) in [6, 6.07) is 19.3. The van der Waals surface area contributed by atoms with E-state index in [1.807, 2.05) is 50.2 Å². The molecule has 0 radical (unpaired) electrons. The van der Waals surface area contributed by atoms with E-state index in [4.69, 9.17) is 0 Å². The molecule has 0 spiro atoms. The summed E-state index contributed by atoms with van der Waals surface area (Å²) in [4.78, 5) is 39.5. The van der Waals surface area contributed by atoms with Crippen molar-refractivity contribution in [3.63, 3.8) is 0 Å². The summed E-state index contributed by atoms with van der Waals surface area (Å²) >= 11 is 0. The van der Waals surface area contributed by atoms with E-state index in [9.17, 15) is 14.4 Å². The van der Waals surface area contributed by atoms with E-state index >= 15 is 0 Å². The van der Waals surface area contributed by atoms with Gasteiger partial charge in [0, 0.05) is 11.3 Å². The number of carbonyl (C=O) groups is 3. The van der Waals surface area contributed by atoms with E-state index in [1.54, 1.807) is 24.3 Å². The number of amides is 3. The molecule has 1 N–H and O–H groups in total. The minimum absolute atomic E-state index is 0.241. The van der Waals surface area contributed by atoms with Crippen molar-refractivity contribution in [1.82, 2.24) is 0 Å². The average Bonchev–Trinajstić information content (AvgIpc) is 2.94. The number of nitrogens with one attached hydrogen (secondary N) is 1. The monoisotopic (exact) mass is 370 g/mol. The van der Waals surface area contributed by atoms with Gasteiger partial charge in [-0.2, -0.15) is 0 Å². The van der Waals surface area contributed by atoms with Crippen LogP contribution in [0.2, 0.25) is 0 Å². The summed E-state index contributed by atoms with van der Waals surface area (Å²) in [6.07, 6.45) is 0. The first-order valence-electron chi connectivity index (χ1n) is 8.93. The highest BCUT2D eigenvalue weighted by molar-refractivity contribution is 6.35. The molecule has 0 fully saturated rings. The lowest BCUT2D eigenvalue weighted by Crippen LogP contribution is -2.29. The topological polar surface area (TPSA) is 66.5 Å². The molecule has 1 aliphatic rings. The van der Waals surface area contributed by atoms with Gasteiger partial charge in [-0.05, 0) is 55.3 Å². The van der Waals surface area contributed by atoms with Crippen LogP contribution in [0, 0.1) is 13.8 Å². The molecule has 3 amide bonds. The molecule has 138 valence electrons. The van der Waals surface area contributed by atoms with Crippen LogP contribution < -0.4 is 10.2 Å². The normalized spacial score (nSPS) is 12.9. The number of carbonyl (C=O) groups excluding carboxylic acids is 3. The molecule has 5 heteroatoms. The van der Waals surface area contributed by atoms with Crippen LogP contribution in [0.15, 0.2) is 66.7 Å². The Hall–Kier alpha value is -3.73. The number of aryl methyl sites for hydroxylation is 2. The molecule has 0 aromatic heterocycles. The molecule has 1 heterocycles. The Balaban J connectivity index is 1.67. The fraction of sp³-hybridized carbons (Fsp3) is 0.0870. The van der Waals surface area contributed by atoms with Crippen molar-refractivity contribution in [2.24, 2.45) is 0 Å². The molecule has 3 aromatic carbocycles. The summed E-state index contributed by atoms with van der Waals surface area (Å²) in [6.45, 7) is 3.75. The van der Waals surface area contributed by atoms with E-state index in [1.165, 1.54) is 11.0 Å². The van der Waals surface area contributed by atoms with Crippen LogP contribution >= 0.6 is 0 Å². The summed E-state index contributed by atoms with van der Waals surface area (Å²) < 4.78 is 0. The molecule has 0 aliphatic carbocycles. The molecule has 3 aromatic rings. The highest BCUT2D eigenvalue weighted by Crippen LogP contribution is 2.31. The average molecular weight is 370 g/mol. The van der Waals surface area contributed by atoms with E-state index in [-0.39, 0.29) is 17.4 Å². The van der Waals surface area contributed by atoms with Crippen molar-refractivity contribution in [3.05, 3.63) is 94.5 Å². The van der Waals surface area contributed by atoms with Gasteiger partial charge in [-0.1, -0.05) is 36.4 Å². The maximum atomic E-state index is 12.9. The number of hydrogen-bond acceptors (Lipinski definition) is 3. The molecule has 1 aliphatic heterocycles. The van der Waals surface area contributed by atoms with Gasteiger partial charge in [0.15, 0.2) is 0 Å². The number of anilines is 2. The lowest BCUT2D eigenvalue weighted by atomic mass is 10.0. The number of para-hydroxylation sites is 2. The zero-order valence-corrected chi connectivity index (χ0v) is 15.5. The van der Waals surface area contributed by atoms with Gasteiger partial charge in [-0.25, -0.2) is 4.90 Å². The van der Waals surface area contributed by atoms with Crippen LogP contribution in [0.25, 0.3) is 0 Å². The van der Waals surface area contributed by atoms with E-state index in [0.29, 0.717) is 22.5 Å². The quantitative estimate of drug-likeness (QED) is 0.697. The second kappa shape index (κ2) is 6.78. The van der Waals surface area contributed by atoms with E-state index < -0.39 is 5.91 Å². The smallest absolute Gasteiger partial charge is 0.266 e. The van der Waals surface area contributed by atoms with Gasteiger partial charge in [0.2, 0.25) is 0 Å². The third-order valence-corrected chi connectivity index (χ3v) is 4.90.